The Balaban J connectivity index is 1.58. The van der Waals surface area contributed by atoms with Crippen LogP contribution in [0.5, 0.6) is 5.75 Å². The number of carbonyl (C=O) groups is 1. The van der Waals surface area contributed by atoms with Crippen molar-refractivity contribution in [3.8, 4) is 22.8 Å². The number of nitrogens with zero attached hydrogens (tertiary/aromatic N) is 3. The number of amides is 1. The number of hydrogen-bond donors (Lipinski definition) is 1. The second-order valence-corrected chi connectivity index (χ2v) is 7.61. The van der Waals surface area contributed by atoms with Gasteiger partial charge in [0, 0.05) is 23.0 Å². The molecule has 1 aromatic heterocycles. The molecule has 0 saturated carbocycles. The zero-order valence-electron chi connectivity index (χ0n) is 17.0. The molecule has 0 aliphatic heterocycles. The fourth-order valence-corrected chi connectivity index (χ4v) is 3.75. The van der Waals surface area contributed by atoms with Crippen molar-refractivity contribution in [2.24, 2.45) is 0 Å². The lowest BCUT2D eigenvalue weighted by molar-refractivity contribution is -0.113. The van der Waals surface area contributed by atoms with Crippen LogP contribution in [0.15, 0.2) is 78.0 Å². The number of carbonyl (C=O) groups excluding carboxylic acids is 1. The summed E-state index contributed by atoms with van der Waals surface area (Å²) in [5.41, 5.74) is 1.85. The number of benzene rings is 3. The van der Waals surface area contributed by atoms with Crippen molar-refractivity contribution >= 4 is 23.4 Å². The molecule has 4 rings (SSSR count). The highest BCUT2D eigenvalue weighted by molar-refractivity contribution is 7.99. The Morgan fingerprint density at radius 3 is 2.44 bits per heavy atom. The number of ether oxygens (including phenoxy) is 1. The molecule has 3 aromatic carbocycles. The van der Waals surface area contributed by atoms with Gasteiger partial charge >= 0.3 is 0 Å². The van der Waals surface area contributed by atoms with Crippen LogP contribution in [0.2, 0.25) is 0 Å². The van der Waals surface area contributed by atoms with E-state index in [1.807, 2.05) is 59.2 Å². The van der Waals surface area contributed by atoms with Crippen molar-refractivity contribution in [3.63, 3.8) is 0 Å². The van der Waals surface area contributed by atoms with E-state index in [2.05, 4.69) is 15.5 Å². The van der Waals surface area contributed by atoms with Gasteiger partial charge in [-0.25, -0.2) is 8.78 Å². The lowest BCUT2D eigenvalue weighted by Crippen LogP contribution is -2.15. The number of nitrogens with one attached hydrogen (secondary N) is 1. The topological polar surface area (TPSA) is 69.0 Å². The van der Waals surface area contributed by atoms with Gasteiger partial charge in [0.05, 0.1) is 12.9 Å². The number of halogens is 2. The standard InChI is InChI=1S/C23H18F2N4O2S/c1-31-18-10-8-17(9-11-18)29-22(15-5-3-2-4-6-15)27-28-23(29)32-14-21(30)26-16-7-12-19(24)20(25)13-16/h2-13H,14H2,1H3,(H,26,30). The first kappa shape index (κ1) is 21.5. The monoisotopic (exact) mass is 452 g/mol. The molecule has 0 saturated heterocycles. The highest BCUT2D eigenvalue weighted by atomic mass is 32.2. The van der Waals surface area contributed by atoms with Gasteiger partial charge in [0.25, 0.3) is 0 Å². The van der Waals surface area contributed by atoms with E-state index in [-0.39, 0.29) is 17.3 Å². The van der Waals surface area contributed by atoms with E-state index in [0.29, 0.717) is 16.7 Å². The molecule has 9 heteroatoms. The van der Waals surface area contributed by atoms with Crippen LogP contribution in [0.3, 0.4) is 0 Å². The van der Waals surface area contributed by atoms with Gasteiger partial charge in [-0.2, -0.15) is 0 Å². The van der Waals surface area contributed by atoms with E-state index in [0.717, 1.165) is 23.4 Å². The summed E-state index contributed by atoms with van der Waals surface area (Å²) >= 11 is 1.18. The minimum Gasteiger partial charge on any atom is -0.497 e. The lowest BCUT2D eigenvalue weighted by atomic mass is 10.2. The van der Waals surface area contributed by atoms with Crippen molar-refractivity contribution in [1.82, 2.24) is 14.8 Å². The fourth-order valence-electron chi connectivity index (χ4n) is 3.00. The summed E-state index contributed by atoms with van der Waals surface area (Å²) in [6.07, 6.45) is 0. The molecular weight excluding hydrogens is 434 g/mol. The van der Waals surface area contributed by atoms with Crippen LogP contribution in [0.4, 0.5) is 14.5 Å². The quantitative estimate of drug-likeness (QED) is 0.402. The van der Waals surface area contributed by atoms with E-state index in [9.17, 15) is 13.6 Å². The van der Waals surface area contributed by atoms with E-state index < -0.39 is 11.6 Å². The van der Waals surface area contributed by atoms with Crippen LogP contribution in [-0.2, 0) is 4.79 Å². The minimum atomic E-state index is -1.03. The molecule has 4 aromatic rings. The highest BCUT2D eigenvalue weighted by Gasteiger charge is 2.17. The Morgan fingerprint density at radius 1 is 1.00 bits per heavy atom. The first-order chi connectivity index (χ1) is 15.5. The lowest BCUT2D eigenvalue weighted by Gasteiger charge is -2.11. The average Bonchev–Trinajstić information content (AvgIpc) is 3.25. The molecule has 0 bridgehead atoms. The predicted octanol–water partition coefficient (Wildman–Crippen LogP) is 4.95. The summed E-state index contributed by atoms with van der Waals surface area (Å²) in [5.74, 6) is -1.04. The summed E-state index contributed by atoms with van der Waals surface area (Å²) in [4.78, 5) is 12.4. The molecule has 6 nitrogen and oxygen atoms in total. The second-order valence-electron chi connectivity index (χ2n) is 6.67. The zero-order chi connectivity index (χ0) is 22.5. The molecular formula is C23H18F2N4O2S. The number of anilines is 1. The number of aromatic nitrogens is 3. The molecule has 1 amide bonds. The van der Waals surface area contributed by atoms with Crippen molar-refractivity contribution in [2.45, 2.75) is 5.16 Å². The Labute approximate surface area is 187 Å². The van der Waals surface area contributed by atoms with Crippen molar-refractivity contribution in [1.29, 1.82) is 0 Å². The van der Waals surface area contributed by atoms with Crippen LogP contribution >= 0.6 is 11.8 Å². The molecule has 1 heterocycles. The van der Waals surface area contributed by atoms with Crippen LogP contribution in [0.1, 0.15) is 0 Å². The van der Waals surface area contributed by atoms with Crippen LogP contribution in [0.25, 0.3) is 17.1 Å². The van der Waals surface area contributed by atoms with E-state index in [1.165, 1.54) is 17.8 Å². The molecule has 0 radical (unpaired) electrons. The third-order valence-electron chi connectivity index (χ3n) is 4.53. The Kier molecular flexibility index (Phi) is 6.46. The summed E-state index contributed by atoms with van der Waals surface area (Å²) in [5, 5.41) is 11.7. The molecule has 1 N–H and O–H groups in total. The van der Waals surface area contributed by atoms with Gasteiger partial charge in [0.1, 0.15) is 5.75 Å². The molecule has 0 spiro atoms. The largest absolute Gasteiger partial charge is 0.497 e. The normalized spacial score (nSPS) is 10.7. The Morgan fingerprint density at radius 2 is 1.75 bits per heavy atom. The van der Waals surface area contributed by atoms with E-state index >= 15 is 0 Å². The van der Waals surface area contributed by atoms with Gasteiger partial charge in [-0.15, -0.1) is 10.2 Å². The molecule has 0 unspecified atom stereocenters. The molecule has 32 heavy (non-hydrogen) atoms. The van der Waals surface area contributed by atoms with Crippen LogP contribution in [-0.4, -0.2) is 33.5 Å². The first-order valence-electron chi connectivity index (χ1n) is 9.58. The van der Waals surface area contributed by atoms with E-state index in [1.54, 1.807) is 7.11 Å². The summed E-state index contributed by atoms with van der Waals surface area (Å²) < 4.78 is 33.5. The number of thioether (sulfide) groups is 1. The van der Waals surface area contributed by atoms with Gasteiger partial charge in [-0.3, -0.25) is 9.36 Å². The minimum absolute atomic E-state index is 0.00206. The highest BCUT2D eigenvalue weighted by Crippen LogP contribution is 2.29. The Bertz CT molecular complexity index is 1230. The van der Waals surface area contributed by atoms with Gasteiger partial charge < -0.3 is 10.1 Å². The molecule has 0 atom stereocenters. The van der Waals surface area contributed by atoms with Crippen molar-refractivity contribution in [2.75, 3.05) is 18.2 Å². The Hall–Kier alpha value is -3.72. The first-order valence-corrected chi connectivity index (χ1v) is 10.6. The summed E-state index contributed by atoms with van der Waals surface area (Å²) in [6.45, 7) is 0. The van der Waals surface area contributed by atoms with E-state index in [4.69, 9.17) is 4.74 Å². The van der Waals surface area contributed by atoms with Crippen LogP contribution < -0.4 is 10.1 Å². The second kappa shape index (κ2) is 9.61. The third-order valence-corrected chi connectivity index (χ3v) is 5.46. The molecule has 162 valence electrons. The SMILES string of the molecule is COc1ccc(-n2c(SCC(=O)Nc3ccc(F)c(F)c3)nnc2-c2ccccc2)cc1. The summed E-state index contributed by atoms with van der Waals surface area (Å²) in [6, 6.07) is 20.2. The maximum absolute atomic E-state index is 13.4. The van der Waals surface area contributed by atoms with Crippen molar-refractivity contribution < 1.29 is 18.3 Å². The fraction of sp³-hybridized carbons (Fsp3) is 0.0870. The zero-order valence-corrected chi connectivity index (χ0v) is 17.8. The van der Waals surface area contributed by atoms with Gasteiger partial charge in [0.15, 0.2) is 22.6 Å². The third kappa shape index (κ3) is 4.78. The molecule has 0 aliphatic rings. The van der Waals surface area contributed by atoms with Crippen LogP contribution in [0, 0.1) is 11.6 Å². The van der Waals surface area contributed by atoms with Gasteiger partial charge in [-0.05, 0) is 36.4 Å². The number of rotatable bonds is 7. The smallest absolute Gasteiger partial charge is 0.234 e. The number of methoxy groups -OCH3 is 1. The maximum Gasteiger partial charge on any atom is 0.234 e. The van der Waals surface area contributed by atoms with Gasteiger partial charge in [-0.1, -0.05) is 42.1 Å². The van der Waals surface area contributed by atoms with Crippen molar-refractivity contribution in [3.05, 3.63) is 84.4 Å². The summed E-state index contributed by atoms with van der Waals surface area (Å²) in [7, 11) is 1.59. The average molecular weight is 452 g/mol. The maximum atomic E-state index is 13.4. The number of hydrogen-bond acceptors (Lipinski definition) is 5. The molecule has 0 aliphatic carbocycles. The van der Waals surface area contributed by atoms with Gasteiger partial charge in [0.2, 0.25) is 5.91 Å². The molecule has 0 fully saturated rings. The predicted molar refractivity (Wildman–Crippen MR) is 119 cm³/mol.